The highest BCUT2D eigenvalue weighted by atomic mass is 32.1. The summed E-state index contributed by atoms with van der Waals surface area (Å²) < 4.78 is 11.8. The molecule has 0 radical (unpaired) electrons. The van der Waals surface area contributed by atoms with Gasteiger partial charge in [0.05, 0.1) is 10.2 Å². The van der Waals surface area contributed by atoms with Gasteiger partial charge in [-0.2, -0.15) is 0 Å². The fourth-order valence-electron chi connectivity index (χ4n) is 3.24. The Hall–Kier alpha value is -3.19. The first-order chi connectivity index (χ1) is 14.4. The number of hydrogen-bond acceptors (Lipinski definition) is 6. The second-order valence-corrected chi connectivity index (χ2v) is 8.33. The number of ether oxygens (including phenoxy) is 1. The van der Waals surface area contributed by atoms with Crippen LogP contribution in [0.2, 0.25) is 0 Å². The van der Waals surface area contributed by atoms with E-state index in [9.17, 15) is 9.59 Å². The maximum Gasteiger partial charge on any atom is 0.336 e. The summed E-state index contributed by atoms with van der Waals surface area (Å²) in [4.78, 5) is 28.3. The molecule has 0 aliphatic rings. The van der Waals surface area contributed by atoms with Gasteiger partial charge in [-0.15, -0.1) is 0 Å². The van der Waals surface area contributed by atoms with Crippen molar-refractivity contribution in [3.8, 4) is 5.75 Å². The smallest absolute Gasteiger partial charge is 0.336 e. The Labute approximate surface area is 177 Å². The predicted molar refractivity (Wildman–Crippen MR) is 120 cm³/mol. The normalized spacial score (nSPS) is 12.2. The molecule has 2 aromatic carbocycles. The number of carbonyl (C=O) groups excluding carboxylic acids is 1. The van der Waals surface area contributed by atoms with E-state index in [-0.39, 0.29) is 12.5 Å². The minimum Gasteiger partial charge on any atom is -0.484 e. The molecular formula is C23H22N2O4S. The average Bonchev–Trinajstić information content (AvgIpc) is 3.12. The quantitative estimate of drug-likeness (QED) is 0.430. The number of aryl methyl sites for hydroxylation is 1. The van der Waals surface area contributed by atoms with Crippen molar-refractivity contribution in [1.29, 1.82) is 0 Å². The van der Waals surface area contributed by atoms with Crippen molar-refractivity contribution in [2.75, 3.05) is 11.9 Å². The van der Waals surface area contributed by atoms with Crippen LogP contribution in [0.1, 0.15) is 37.3 Å². The van der Waals surface area contributed by atoms with Gasteiger partial charge in [-0.3, -0.25) is 10.1 Å². The summed E-state index contributed by atoms with van der Waals surface area (Å²) in [5.74, 6) is 0.633. The monoisotopic (exact) mass is 422 g/mol. The van der Waals surface area contributed by atoms with E-state index in [1.54, 1.807) is 12.1 Å². The molecule has 0 fully saturated rings. The number of aromatic nitrogens is 1. The van der Waals surface area contributed by atoms with E-state index < -0.39 is 5.63 Å². The molecule has 1 unspecified atom stereocenters. The lowest BCUT2D eigenvalue weighted by atomic mass is 9.99. The van der Waals surface area contributed by atoms with Gasteiger partial charge in [0.2, 0.25) is 0 Å². The van der Waals surface area contributed by atoms with Gasteiger partial charge in [-0.25, -0.2) is 9.78 Å². The standard InChI is InChI=1S/C23H22N2O4S/c1-4-13(2)15-5-8-18-20(10-15)30-23(24-18)25-21(26)12-28-16-6-7-17-14(3)9-22(27)29-19(17)11-16/h5-11,13H,4,12H2,1-3H3,(H,24,25,26). The van der Waals surface area contributed by atoms with E-state index in [1.807, 2.05) is 19.1 Å². The first-order valence-corrected chi connectivity index (χ1v) is 10.6. The molecule has 4 rings (SSSR count). The Morgan fingerprint density at radius 3 is 2.87 bits per heavy atom. The molecule has 7 heteroatoms. The third-order valence-corrected chi connectivity index (χ3v) is 6.07. The lowest BCUT2D eigenvalue weighted by molar-refractivity contribution is -0.118. The molecule has 1 N–H and O–H groups in total. The Kier molecular flexibility index (Phi) is 5.55. The van der Waals surface area contributed by atoms with Crippen molar-refractivity contribution in [3.05, 3.63) is 64.0 Å². The van der Waals surface area contributed by atoms with Gasteiger partial charge in [0.25, 0.3) is 5.91 Å². The molecule has 154 valence electrons. The number of carbonyl (C=O) groups is 1. The fraction of sp³-hybridized carbons (Fsp3) is 0.261. The third kappa shape index (κ3) is 4.21. The number of rotatable bonds is 6. The summed E-state index contributed by atoms with van der Waals surface area (Å²) in [7, 11) is 0. The van der Waals surface area contributed by atoms with Crippen LogP contribution >= 0.6 is 11.3 Å². The third-order valence-electron chi connectivity index (χ3n) is 5.13. The molecule has 0 saturated carbocycles. The van der Waals surface area contributed by atoms with Crippen LogP contribution < -0.4 is 15.7 Å². The van der Waals surface area contributed by atoms with Crippen LogP contribution in [0, 0.1) is 6.92 Å². The molecule has 0 saturated heterocycles. The summed E-state index contributed by atoms with van der Waals surface area (Å²) in [5, 5.41) is 4.16. The van der Waals surface area contributed by atoms with E-state index in [4.69, 9.17) is 9.15 Å². The summed E-state index contributed by atoms with van der Waals surface area (Å²) in [6.07, 6.45) is 1.07. The van der Waals surface area contributed by atoms with E-state index >= 15 is 0 Å². The molecule has 0 bridgehead atoms. The van der Waals surface area contributed by atoms with E-state index in [0.29, 0.717) is 22.4 Å². The first-order valence-electron chi connectivity index (χ1n) is 9.80. The highest BCUT2D eigenvalue weighted by Crippen LogP contribution is 2.30. The van der Waals surface area contributed by atoms with Crippen LogP contribution in [0.4, 0.5) is 5.13 Å². The maximum atomic E-state index is 12.3. The van der Waals surface area contributed by atoms with Crippen LogP contribution in [-0.4, -0.2) is 17.5 Å². The fourth-order valence-corrected chi connectivity index (χ4v) is 4.17. The number of thiazole rings is 1. The van der Waals surface area contributed by atoms with Crippen LogP contribution in [0.15, 0.2) is 51.7 Å². The molecule has 4 aromatic rings. The van der Waals surface area contributed by atoms with Crippen molar-refractivity contribution in [2.45, 2.75) is 33.1 Å². The van der Waals surface area contributed by atoms with Crippen LogP contribution in [0.3, 0.4) is 0 Å². The van der Waals surface area contributed by atoms with Gasteiger partial charge in [0.15, 0.2) is 11.7 Å². The number of benzene rings is 2. The van der Waals surface area contributed by atoms with Gasteiger partial charge in [-0.05, 0) is 54.7 Å². The Morgan fingerprint density at radius 1 is 1.23 bits per heavy atom. The van der Waals surface area contributed by atoms with Crippen LogP contribution in [0.25, 0.3) is 21.2 Å². The highest BCUT2D eigenvalue weighted by Gasteiger charge is 2.11. The SMILES string of the molecule is CCC(C)c1ccc2nc(NC(=O)COc3ccc4c(C)cc(=O)oc4c3)sc2c1. The Bertz CT molecular complexity index is 1290. The molecular weight excluding hydrogens is 400 g/mol. The van der Waals surface area contributed by atoms with E-state index in [0.717, 1.165) is 27.6 Å². The minimum atomic E-state index is -0.415. The predicted octanol–water partition coefficient (Wildman–Crippen LogP) is 5.24. The molecule has 0 aliphatic heterocycles. The molecule has 30 heavy (non-hydrogen) atoms. The second-order valence-electron chi connectivity index (χ2n) is 7.30. The molecule has 6 nitrogen and oxygen atoms in total. The van der Waals surface area contributed by atoms with Gasteiger partial charge in [-0.1, -0.05) is 31.3 Å². The molecule has 1 amide bonds. The maximum absolute atomic E-state index is 12.3. The largest absolute Gasteiger partial charge is 0.484 e. The summed E-state index contributed by atoms with van der Waals surface area (Å²) in [6, 6.07) is 12.8. The topological polar surface area (TPSA) is 81.4 Å². The summed E-state index contributed by atoms with van der Waals surface area (Å²) in [6.45, 7) is 6.03. The van der Waals surface area contributed by atoms with Crippen molar-refractivity contribution < 1.29 is 13.9 Å². The molecule has 2 aromatic heterocycles. The average molecular weight is 423 g/mol. The van der Waals surface area contributed by atoms with Gasteiger partial charge >= 0.3 is 5.63 Å². The Morgan fingerprint density at radius 2 is 2.07 bits per heavy atom. The zero-order valence-electron chi connectivity index (χ0n) is 17.0. The Balaban J connectivity index is 1.43. The molecule has 2 heterocycles. The summed E-state index contributed by atoms with van der Waals surface area (Å²) >= 11 is 1.45. The van der Waals surface area contributed by atoms with Crippen LogP contribution in [0.5, 0.6) is 5.75 Å². The first kappa shape index (κ1) is 20.1. The van der Waals surface area contributed by atoms with Crippen molar-refractivity contribution in [2.24, 2.45) is 0 Å². The highest BCUT2D eigenvalue weighted by molar-refractivity contribution is 7.22. The number of nitrogens with one attached hydrogen (secondary N) is 1. The zero-order valence-corrected chi connectivity index (χ0v) is 17.8. The van der Waals surface area contributed by atoms with E-state index in [2.05, 4.69) is 36.3 Å². The second kappa shape index (κ2) is 8.28. The summed E-state index contributed by atoms with van der Waals surface area (Å²) in [5.41, 5.74) is 2.98. The lowest BCUT2D eigenvalue weighted by Gasteiger charge is -2.07. The van der Waals surface area contributed by atoms with Gasteiger partial charge < -0.3 is 9.15 Å². The zero-order chi connectivity index (χ0) is 21.3. The van der Waals surface area contributed by atoms with Crippen molar-refractivity contribution >= 4 is 43.6 Å². The van der Waals surface area contributed by atoms with Crippen molar-refractivity contribution in [1.82, 2.24) is 4.98 Å². The lowest BCUT2D eigenvalue weighted by Crippen LogP contribution is -2.20. The van der Waals surface area contributed by atoms with Gasteiger partial charge in [0.1, 0.15) is 11.3 Å². The van der Waals surface area contributed by atoms with Gasteiger partial charge in [0, 0.05) is 17.5 Å². The number of fused-ring (bicyclic) bond motifs is 2. The number of nitrogens with zero attached hydrogens (tertiary/aromatic N) is 1. The van der Waals surface area contributed by atoms with Crippen molar-refractivity contribution in [3.63, 3.8) is 0 Å². The number of hydrogen-bond donors (Lipinski definition) is 1. The molecule has 0 spiro atoms. The minimum absolute atomic E-state index is 0.171. The van der Waals surface area contributed by atoms with Crippen LogP contribution in [-0.2, 0) is 4.79 Å². The molecule has 0 aliphatic carbocycles. The number of amides is 1. The number of anilines is 1. The van der Waals surface area contributed by atoms with E-state index in [1.165, 1.54) is 23.0 Å². The molecule has 1 atom stereocenters.